The normalized spacial score (nSPS) is 19.7. The van der Waals surface area contributed by atoms with E-state index >= 15 is 0 Å². The third kappa shape index (κ3) is 3.77. The van der Waals surface area contributed by atoms with Crippen LogP contribution in [0.5, 0.6) is 0 Å². The molecule has 5 nitrogen and oxygen atoms in total. The molecule has 2 atom stereocenters. The van der Waals surface area contributed by atoms with Crippen LogP contribution in [0.15, 0.2) is 54.6 Å². The second kappa shape index (κ2) is 7.95. The number of para-hydroxylation sites is 1. The van der Waals surface area contributed by atoms with Crippen LogP contribution in [-0.4, -0.2) is 24.0 Å². The first kappa shape index (κ1) is 17.1. The summed E-state index contributed by atoms with van der Waals surface area (Å²) in [7, 11) is 0. The highest BCUT2D eigenvalue weighted by molar-refractivity contribution is 7.18. The summed E-state index contributed by atoms with van der Waals surface area (Å²) >= 11 is 1.74. The van der Waals surface area contributed by atoms with E-state index in [-0.39, 0.29) is 17.9 Å². The number of thiazole rings is 1. The molecule has 1 amide bonds. The van der Waals surface area contributed by atoms with E-state index in [0.29, 0.717) is 13.1 Å². The van der Waals surface area contributed by atoms with Crippen molar-refractivity contribution >= 4 is 27.5 Å². The summed E-state index contributed by atoms with van der Waals surface area (Å²) in [5, 5.41) is 4.22. The van der Waals surface area contributed by atoms with E-state index in [9.17, 15) is 4.79 Å². The SMILES string of the molecule is O=C(NCCCc1nc2ccccc2s1)C1CNNC1c1ccccc1. The van der Waals surface area contributed by atoms with Gasteiger partial charge < -0.3 is 5.32 Å². The first-order chi connectivity index (χ1) is 12.8. The number of aryl methyl sites for hydroxylation is 1. The monoisotopic (exact) mass is 366 g/mol. The highest BCUT2D eigenvalue weighted by atomic mass is 32.1. The second-order valence-corrected chi connectivity index (χ2v) is 7.61. The van der Waals surface area contributed by atoms with Gasteiger partial charge in [0, 0.05) is 19.5 Å². The van der Waals surface area contributed by atoms with Crippen LogP contribution in [0.1, 0.15) is 23.0 Å². The molecule has 2 heterocycles. The molecule has 3 aromatic rings. The maximum Gasteiger partial charge on any atom is 0.226 e. The maximum atomic E-state index is 12.6. The minimum Gasteiger partial charge on any atom is -0.356 e. The summed E-state index contributed by atoms with van der Waals surface area (Å²) in [6, 6.07) is 18.3. The number of amides is 1. The molecule has 1 aliphatic heterocycles. The number of hydrazine groups is 1. The Hall–Kier alpha value is -2.28. The molecule has 134 valence electrons. The van der Waals surface area contributed by atoms with Crippen LogP contribution in [0, 0.1) is 5.92 Å². The summed E-state index contributed by atoms with van der Waals surface area (Å²) in [5.74, 6) is 0.000466. The number of hydrogen-bond acceptors (Lipinski definition) is 5. The zero-order valence-electron chi connectivity index (χ0n) is 14.4. The number of hydrogen-bond donors (Lipinski definition) is 3. The molecule has 6 heteroatoms. The van der Waals surface area contributed by atoms with Gasteiger partial charge in [-0.2, -0.15) is 0 Å². The van der Waals surface area contributed by atoms with Crippen LogP contribution in [0.2, 0.25) is 0 Å². The number of benzene rings is 2. The zero-order chi connectivity index (χ0) is 17.8. The Bertz CT molecular complexity index is 847. The standard InChI is InChI=1S/C20H22N4OS/c25-20(15-13-22-24-19(15)14-7-2-1-3-8-14)21-12-6-11-18-23-16-9-4-5-10-17(16)26-18/h1-5,7-10,15,19,22,24H,6,11-13H2,(H,21,25). The number of fused-ring (bicyclic) bond motifs is 1. The molecule has 4 rings (SSSR count). The average Bonchev–Trinajstić information content (AvgIpc) is 3.32. The Morgan fingerprint density at radius 2 is 1.96 bits per heavy atom. The van der Waals surface area contributed by atoms with E-state index in [1.54, 1.807) is 11.3 Å². The van der Waals surface area contributed by atoms with Crippen molar-refractivity contribution in [3.05, 3.63) is 65.2 Å². The number of rotatable bonds is 6. The summed E-state index contributed by atoms with van der Waals surface area (Å²) < 4.78 is 1.22. The maximum absolute atomic E-state index is 12.6. The number of nitrogens with zero attached hydrogens (tertiary/aromatic N) is 1. The fraction of sp³-hybridized carbons (Fsp3) is 0.300. The smallest absolute Gasteiger partial charge is 0.226 e. The third-order valence-electron chi connectivity index (χ3n) is 4.68. The van der Waals surface area contributed by atoms with Crippen molar-refractivity contribution in [3.8, 4) is 0 Å². The van der Waals surface area contributed by atoms with Crippen LogP contribution in [0.4, 0.5) is 0 Å². The van der Waals surface area contributed by atoms with Crippen molar-refractivity contribution in [3.63, 3.8) is 0 Å². The van der Waals surface area contributed by atoms with Gasteiger partial charge in [0.05, 0.1) is 27.2 Å². The van der Waals surface area contributed by atoms with Crippen LogP contribution < -0.4 is 16.2 Å². The molecule has 2 aromatic carbocycles. The molecule has 0 aliphatic carbocycles. The largest absolute Gasteiger partial charge is 0.356 e. The Labute approximate surface area is 156 Å². The van der Waals surface area contributed by atoms with Crippen LogP contribution in [-0.2, 0) is 11.2 Å². The average molecular weight is 366 g/mol. The van der Waals surface area contributed by atoms with Crippen molar-refractivity contribution in [2.75, 3.05) is 13.1 Å². The van der Waals surface area contributed by atoms with Gasteiger partial charge in [-0.05, 0) is 24.1 Å². The number of carbonyl (C=O) groups is 1. The van der Waals surface area contributed by atoms with Crippen LogP contribution in [0.25, 0.3) is 10.2 Å². The third-order valence-corrected chi connectivity index (χ3v) is 5.78. The quantitative estimate of drug-likeness (QED) is 0.587. The lowest BCUT2D eigenvalue weighted by atomic mass is 9.94. The van der Waals surface area contributed by atoms with E-state index in [1.807, 2.05) is 36.4 Å². The molecular formula is C20H22N4OS. The lowest BCUT2D eigenvalue weighted by Crippen LogP contribution is -2.35. The van der Waals surface area contributed by atoms with Crippen LogP contribution in [0.3, 0.4) is 0 Å². The van der Waals surface area contributed by atoms with Crippen molar-refractivity contribution in [1.82, 2.24) is 21.2 Å². The van der Waals surface area contributed by atoms with Gasteiger partial charge in [-0.15, -0.1) is 11.3 Å². The molecule has 1 aliphatic rings. The molecule has 0 radical (unpaired) electrons. The van der Waals surface area contributed by atoms with Gasteiger partial charge >= 0.3 is 0 Å². The first-order valence-corrected chi connectivity index (χ1v) is 9.78. The Kier molecular flexibility index (Phi) is 5.24. The zero-order valence-corrected chi connectivity index (χ0v) is 15.3. The molecule has 0 bridgehead atoms. The molecule has 0 saturated carbocycles. The van der Waals surface area contributed by atoms with E-state index in [4.69, 9.17) is 0 Å². The molecule has 3 N–H and O–H groups in total. The van der Waals surface area contributed by atoms with Crippen molar-refractivity contribution in [2.24, 2.45) is 5.92 Å². The van der Waals surface area contributed by atoms with Gasteiger partial charge in [0.25, 0.3) is 0 Å². The lowest BCUT2D eigenvalue weighted by Gasteiger charge is -2.18. The van der Waals surface area contributed by atoms with Crippen molar-refractivity contribution < 1.29 is 4.79 Å². The van der Waals surface area contributed by atoms with Crippen molar-refractivity contribution in [2.45, 2.75) is 18.9 Å². The van der Waals surface area contributed by atoms with E-state index in [0.717, 1.165) is 28.9 Å². The number of carbonyl (C=O) groups excluding carboxylic acids is 1. The van der Waals surface area contributed by atoms with Crippen LogP contribution >= 0.6 is 11.3 Å². The predicted octanol–water partition coefficient (Wildman–Crippen LogP) is 2.81. The Morgan fingerprint density at radius 3 is 2.81 bits per heavy atom. The molecule has 2 unspecified atom stereocenters. The molecule has 1 fully saturated rings. The van der Waals surface area contributed by atoms with Gasteiger partial charge in [0.1, 0.15) is 0 Å². The van der Waals surface area contributed by atoms with Gasteiger partial charge in [-0.1, -0.05) is 42.5 Å². The molecule has 1 saturated heterocycles. The van der Waals surface area contributed by atoms with Gasteiger partial charge in [-0.25, -0.2) is 10.4 Å². The predicted molar refractivity (Wildman–Crippen MR) is 105 cm³/mol. The lowest BCUT2D eigenvalue weighted by molar-refractivity contribution is -0.124. The van der Waals surface area contributed by atoms with Gasteiger partial charge in [0.15, 0.2) is 0 Å². The van der Waals surface area contributed by atoms with E-state index in [1.165, 1.54) is 4.70 Å². The Morgan fingerprint density at radius 1 is 1.15 bits per heavy atom. The van der Waals surface area contributed by atoms with Gasteiger partial charge in [0.2, 0.25) is 5.91 Å². The summed E-state index contributed by atoms with van der Waals surface area (Å²) in [4.78, 5) is 17.2. The minimum absolute atomic E-state index is 0.0143. The summed E-state index contributed by atoms with van der Waals surface area (Å²) in [6.45, 7) is 1.32. The highest BCUT2D eigenvalue weighted by Crippen LogP contribution is 2.25. The molecule has 26 heavy (non-hydrogen) atoms. The number of nitrogens with one attached hydrogen (secondary N) is 3. The summed E-state index contributed by atoms with van der Waals surface area (Å²) in [6.07, 6.45) is 1.79. The first-order valence-electron chi connectivity index (χ1n) is 8.97. The minimum atomic E-state index is -0.0974. The second-order valence-electron chi connectivity index (χ2n) is 6.49. The van der Waals surface area contributed by atoms with Gasteiger partial charge in [-0.3, -0.25) is 10.2 Å². The summed E-state index contributed by atoms with van der Waals surface area (Å²) in [5.41, 5.74) is 8.52. The molecule has 0 spiro atoms. The van der Waals surface area contributed by atoms with Crippen molar-refractivity contribution in [1.29, 1.82) is 0 Å². The fourth-order valence-corrected chi connectivity index (χ4v) is 4.34. The van der Waals surface area contributed by atoms with E-state index in [2.05, 4.69) is 39.4 Å². The highest BCUT2D eigenvalue weighted by Gasteiger charge is 2.33. The van der Waals surface area contributed by atoms with E-state index < -0.39 is 0 Å². The number of aromatic nitrogens is 1. The Balaban J connectivity index is 1.28. The topological polar surface area (TPSA) is 66.0 Å². The molecular weight excluding hydrogens is 344 g/mol. The fourth-order valence-electron chi connectivity index (χ4n) is 3.33. The molecule has 1 aromatic heterocycles.